The minimum Gasteiger partial charge on any atom is -0.331 e. The van der Waals surface area contributed by atoms with E-state index in [1.807, 2.05) is 18.2 Å². The third kappa shape index (κ3) is 1.35. The Morgan fingerprint density at radius 1 is 1.50 bits per heavy atom. The lowest BCUT2D eigenvalue weighted by molar-refractivity contribution is -0.107. The van der Waals surface area contributed by atoms with E-state index in [0.717, 1.165) is 22.9 Å². The maximum Gasteiger partial charge on any atom is 0.124 e. The van der Waals surface area contributed by atoms with Crippen molar-refractivity contribution in [2.45, 2.75) is 25.2 Å². The molecule has 2 aromatic rings. The highest BCUT2D eigenvalue weighted by Gasteiger charge is 2.28. The average molecular weight is 214 g/mol. The molecule has 0 amide bonds. The van der Waals surface area contributed by atoms with E-state index in [0.29, 0.717) is 12.3 Å². The number of carbonyl (C=O) groups excluding carboxylic acids is 1. The Labute approximate surface area is 94.1 Å². The Morgan fingerprint density at radius 3 is 3.00 bits per heavy atom. The Morgan fingerprint density at radius 2 is 2.31 bits per heavy atom. The van der Waals surface area contributed by atoms with Gasteiger partial charge in [-0.2, -0.15) is 0 Å². The summed E-state index contributed by atoms with van der Waals surface area (Å²) in [5, 5.41) is 0. The molecule has 1 aromatic heterocycles. The van der Waals surface area contributed by atoms with Gasteiger partial charge in [0.2, 0.25) is 0 Å². The zero-order valence-corrected chi connectivity index (χ0v) is 9.31. The van der Waals surface area contributed by atoms with Gasteiger partial charge >= 0.3 is 0 Å². The van der Waals surface area contributed by atoms with Crippen molar-refractivity contribution >= 4 is 17.3 Å². The lowest BCUT2D eigenvalue weighted by atomic mass is 10.1. The number of aldehydes is 1. The quantitative estimate of drug-likeness (QED) is 0.734. The Bertz CT molecular complexity index is 552. The number of rotatable bonds is 3. The van der Waals surface area contributed by atoms with Gasteiger partial charge in [-0.25, -0.2) is 4.98 Å². The predicted octanol–water partition coefficient (Wildman–Crippen LogP) is 2.19. The zero-order valence-electron chi connectivity index (χ0n) is 9.31. The molecule has 1 aromatic carbocycles. The summed E-state index contributed by atoms with van der Waals surface area (Å²) in [4.78, 5) is 15.3. The van der Waals surface area contributed by atoms with E-state index in [9.17, 15) is 4.79 Å². The first-order chi connectivity index (χ1) is 7.81. The van der Waals surface area contributed by atoms with Gasteiger partial charge in [0.1, 0.15) is 12.1 Å². The highest BCUT2D eigenvalue weighted by atomic mass is 16.1. The molecule has 3 rings (SSSR count). The van der Waals surface area contributed by atoms with Crippen LogP contribution in [0.15, 0.2) is 18.2 Å². The molecule has 0 saturated heterocycles. The molecule has 1 aliphatic rings. The molecule has 0 atom stereocenters. The van der Waals surface area contributed by atoms with Crippen LogP contribution < -0.4 is 0 Å². The first kappa shape index (κ1) is 9.58. The molecule has 0 N–H and O–H groups in total. The molecule has 1 fully saturated rings. The van der Waals surface area contributed by atoms with Crippen LogP contribution in [0.3, 0.4) is 0 Å². The number of fused-ring (bicyclic) bond motifs is 1. The molecule has 0 aliphatic heterocycles. The lowest BCUT2D eigenvalue weighted by Gasteiger charge is -2.03. The van der Waals surface area contributed by atoms with Gasteiger partial charge in [-0.15, -0.1) is 0 Å². The smallest absolute Gasteiger partial charge is 0.124 e. The Hall–Kier alpha value is -1.64. The minimum absolute atomic E-state index is 0.473. The van der Waals surface area contributed by atoms with E-state index in [1.165, 1.54) is 18.7 Å². The number of aryl methyl sites for hydroxylation is 1. The number of hydrogen-bond acceptors (Lipinski definition) is 2. The number of hydrogen-bond donors (Lipinski definition) is 0. The summed E-state index contributed by atoms with van der Waals surface area (Å²) in [6, 6.07) is 6.01. The van der Waals surface area contributed by atoms with Gasteiger partial charge in [-0.05, 0) is 24.5 Å². The van der Waals surface area contributed by atoms with Crippen molar-refractivity contribution in [2.24, 2.45) is 7.05 Å². The van der Waals surface area contributed by atoms with Crippen LogP contribution in [0.4, 0.5) is 0 Å². The van der Waals surface area contributed by atoms with Gasteiger partial charge in [0.05, 0.1) is 11.0 Å². The summed E-state index contributed by atoms with van der Waals surface area (Å²) >= 11 is 0. The van der Waals surface area contributed by atoms with Crippen molar-refractivity contribution < 1.29 is 4.79 Å². The van der Waals surface area contributed by atoms with Crippen LogP contribution in [0.2, 0.25) is 0 Å². The van der Waals surface area contributed by atoms with Gasteiger partial charge in [0.25, 0.3) is 0 Å². The normalized spacial score (nSPS) is 15.6. The van der Waals surface area contributed by atoms with Crippen LogP contribution in [0.1, 0.15) is 30.1 Å². The molecule has 1 saturated carbocycles. The predicted molar refractivity (Wildman–Crippen MR) is 62.5 cm³/mol. The fourth-order valence-electron chi connectivity index (χ4n) is 2.33. The van der Waals surface area contributed by atoms with E-state index in [4.69, 9.17) is 0 Å². The third-order valence-electron chi connectivity index (χ3n) is 3.26. The molecular formula is C13H14N2O. The molecule has 0 spiro atoms. The highest BCUT2D eigenvalue weighted by Crippen LogP contribution is 2.40. The van der Waals surface area contributed by atoms with Crippen molar-refractivity contribution in [3.05, 3.63) is 29.6 Å². The fraction of sp³-hybridized carbons (Fsp3) is 0.385. The molecule has 16 heavy (non-hydrogen) atoms. The summed E-state index contributed by atoms with van der Waals surface area (Å²) in [6.07, 6.45) is 3.93. The van der Waals surface area contributed by atoms with E-state index >= 15 is 0 Å². The van der Waals surface area contributed by atoms with E-state index < -0.39 is 0 Å². The zero-order chi connectivity index (χ0) is 11.1. The molecule has 1 heterocycles. The topological polar surface area (TPSA) is 34.9 Å². The molecule has 1 aliphatic carbocycles. The first-order valence-corrected chi connectivity index (χ1v) is 5.69. The number of imidazole rings is 1. The van der Waals surface area contributed by atoms with Crippen LogP contribution in [-0.4, -0.2) is 15.8 Å². The van der Waals surface area contributed by atoms with Crippen molar-refractivity contribution in [1.82, 2.24) is 9.55 Å². The van der Waals surface area contributed by atoms with Gasteiger partial charge < -0.3 is 9.36 Å². The third-order valence-corrected chi connectivity index (χ3v) is 3.26. The Balaban J connectivity index is 2.24. The van der Waals surface area contributed by atoms with E-state index in [2.05, 4.69) is 16.6 Å². The van der Waals surface area contributed by atoms with Crippen LogP contribution in [-0.2, 0) is 18.3 Å². The maximum absolute atomic E-state index is 10.7. The second kappa shape index (κ2) is 3.44. The van der Waals surface area contributed by atoms with Crippen molar-refractivity contribution in [3.63, 3.8) is 0 Å². The molecule has 3 heteroatoms. The fourth-order valence-corrected chi connectivity index (χ4v) is 2.33. The second-order valence-corrected chi connectivity index (χ2v) is 4.46. The van der Waals surface area contributed by atoms with Crippen molar-refractivity contribution in [2.75, 3.05) is 0 Å². The number of nitrogens with zero attached hydrogens (tertiary/aromatic N) is 2. The van der Waals surface area contributed by atoms with Crippen LogP contribution >= 0.6 is 0 Å². The van der Waals surface area contributed by atoms with E-state index in [1.54, 1.807) is 0 Å². The van der Waals surface area contributed by atoms with Crippen molar-refractivity contribution in [3.8, 4) is 0 Å². The molecule has 0 unspecified atom stereocenters. The van der Waals surface area contributed by atoms with Gasteiger partial charge in [0, 0.05) is 19.4 Å². The largest absolute Gasteiger partial charge is 0.331 e. The van der Waals surface area contributed by atoms with Crippen LogP contribution in [0.25, 0.3) is 11.0 Å². The second-order valence-electron chi connectivity index (χ2n) is 4.46. The number of aromatic nitrogens is 2. The minimum atomic E-state index is 0.473. The monoisotopic (exact) mass is 214 g/mol. The summed E-state index contributed by atoms with van der Waals surface area (Å²) in [5.41, 5.74) is 3.22. The summed E-state index contributed by atoms with van der Waals surface area (Å²) in [6.45, 7) is 0. The van der Waals surface area contributed by atoms with Crippen molar-refractivity contribution in [1.29, 1.82) is 0 Å². The average Bonchev–Trinajstić information content (AvgIpc) is 3.05. The SMILES string of the molecule is Cn1c(C2CC2)nc2cccc(CC=O)c21. The van der Waals surface area contributed by atoms with Crippen LogP contribution in [0.5, 0.6) is 0 Å². The molecule has 82 valence electrons. The number of para-hydroxylation sites is 1. The van der Waals surface area contributed by atoms with E-state index in [-0.39, 0.29) is 0 Å². The molecule has 0 bridgehead atoms. The maximum atomic E-state index is 10.7. The van der Waals surface area contributed by atoms with Crippen LogP contribution in [0, 0.1) is 0 Å². The molecule has 0 radical (unpaired) electrons. The number of benzene rings is 1. The highest BCUT2D eigenvalue weighted by molar-refractivity contribution is 5.82. The summed E-state index contributed by atoms with van der Waals surface area (Å²) in [5.74, 6) is 1.81. The lowest BCUT2D eigenvalue weighted by Crippen LogP contribution is -1.98. The van der Waals surface area contributed by atoms with Gasteiger partial charge in [0.15, 0.2) is 0 Å². The summed E-state index contributed by atoms with van der Waals surface area (Å²) < 4.78 is 2.16. The van der Waals surface area contributed by atoms with Gasteiger partial charge in [-0.1, -0.05) is 12.1 Å². The number of carbonyl (C=O) groups is 1. The molecule has 3 nitrogen and oxygen atoms in total. The standard InChI is InChI=1S/C13H14N2O/c1-15-12-9(7-8-16)3-2-4-11(12)14-13(15)10-5-6-10/h2-4,8,10H,5-7H2,1H3. The van der Waals surface area contributed by atoms with Gasteiger partial charge in [-0.3, -0.25) is 0 Å². The summed E-state index contributed by atoms with van der Waals surface area (Å²) in [7, 11) is 2.05. The first-order valence-electron chi connectivity index (χ1n) is 5.69. The Kier molecular flexibility index (Phi) is 2.06. The molecular weight excluding hydrogens is 200 g/mol.